The highest BCUT2D eigenvalue weighted by atomic mass is 16.5. The van der Waals surface area contributed by atoms with Crippen LogP contribution in [-0.2, 0) is 19.5 Å². The smallest absolute Gasteiger partial charge is 0.251 e. The van der Waals surface area contributed by atoms with Gasteiger partial charge in [-0.05, 0) is 87.7 Å². The van der Waals surface area contributed by atoms with Crippen LogP contribution in [0, 0.1) is 13.8 Å². The quantitative estimate of drug-likeness (QED) is 0.622. The molecule has 6 heteroatoms. The van der Waals surface area contributed by atoms with Gasteiger partial charge < -0.3 is 15.0 Å². The molecule has 2 bridgehead atoms. The maximum absolute atomic E-state index is 12.9. The number of carbonyl (C=O) groups is 1. The molecular weight excluding hydrogens is 424 g/mol. The molecule has 3 aromatic rings. The van der Waals surface area contributed by atoms with Gasteiger partial charge in [-0.3, -0.25) is 9.48 Å². The summed E-state index contributed by atoms with van der Waals surface area (Å²) in [5.74, 6) is 0.804. The third-order valence-corrected chi connectivity index (χ3v) is 6.32. The van der Waals surface area contributed by atoms with Gasteiger partial charge in [-0.25, -0.2) is 0 Å². The van der Waals surface area contributed by atoms with Gasteiger partial charge in [0.25, 0.3) is 5.91 Å². The number of amides is 1. The molecule has 1 amide bonds. The number of rotatable bonds is 4. The van der Waals surface area contributed by atoms with Crippen LogP contribution in [0.4, 0.5) is 0 Å². The zero-order chi connectivity index (χ0) is 23.9. The minimum atomic E-state index is -0.0703. The lowest BCUT2D eigenvalue weighted by molar-refractivity contribution is 0.0951. The molecule has 0 radical (unpaired) electrons. The van der Waals surface area contributed by atoms with E-state index in [9.17, 15) is 4.79 Å². The molecule has 2 heterocycles. The van der Waals surface area contributed by atoms with Crippen LogP contribution in [0.5, 0.6) is 5.75 Å². The Morgan fingerprint density at radius 2 is 1.91 bits per heavy atom. The number of ether oxygens (including phenoxy) is 1. The van der Waals surface area contributed by atoms with Crippen molar-refractivity contribution in [2.24, 2.45) is 0 Å². The Balaban J connectivity index is 1.49. The predicted molar refractivity (Wildman–Crippen MR) is 135 cm³/mol. The Kier molecular flexibility index (Phi) is 8.01. The van der Waals surface area contributed by atoms with Crippen LogP contribution >= 0.6 is 0 Å². The second kappa shape index (κ2) is 11.3. The van der Waals surface area contributed by atoms with Crippen molar-refractivity contribution in [1.29, 1.82) is 0 Å². The molecule has 0 atom stereocenters. The zero-order valence-electron chi connectivity index (χ0n) is 20.6. The third-order valence-electron chi connectivity index (χ3n) is 6.32. The summed E-state index contributed by atoms with van der Waals surface area (Å²) in [5, 5.41) is 7.50. The molecule has 0 unspecified atom stereocenters. The van der Waals surface area contributed by atoms with Gasteiger partial charge in [0.1, 0.15) is 5.75 Å². The van der Waals surface area contributed by atoms with Crippen LogP contribution in [0.1, 0.15) is 57.7 Å². The summed E-state index contributed by atoms with van der Waals surface area (Å²) < 4.78 is 8.09. The van der Waals surface area contributed by atoms with E-state index in [1.54, 1.807) is 0 Å². The van der Waals surface area contributed by atoms with Crippen molar-refractivity contribution in [2.45, 2.75) is 52.6 Å². The lowest BCUT2D eigenvalue weighted by Gasteiger charge is -2.19. The monoisotopic (exact) mass is 460 g/mol. The highest BCUT2D eigenvalue weighted by Crippen LogP contribution is 2.25. The summed E-state index contributed by atoms with van der Waals surface area (Å²) in [7, 11) is 2.18. The highest BCUT2D eigenvalue weighted by Gasteiger charge is 2.13. The van der Waals surface area contributed by atoms with Gasteiger partial charge in [0, 0.05) is 30.8 Å². The normalized spacial score (nSPS) is 15.1. The van der Waals surface area contributed by atoms with Gasteiger partial charge >= 0.3 is 0 Å². The lowest BCUT2D eigenvalue weighted by atomic mass is 9.99. The second-order valence-corrected chi connectivity index (χ2v) is 9.37. The van der Waals surface area contributed by atoms with Crippen molar-refractivity contribution in [3.8, 4) is 5.75 Å². The van der Waals surface area contributed by atoms with E-state index >= 15 is 0 Å². The molecule has 1 aliphatic heterocycles. The molecule has 0 fully saturated rings. The number of hydrogen-bond acceptors (Lipinski definition) is 4. The first kappa shape index (κ1) is 24.0. The van der Waals surface area contributed by atoms with Crippen LogP contribution in [0.2, 0.25) is 0 Å². The Bertz CT molecular complexity index is 1120. The average Bonchev–Trinajstić information content (AvgIpc) is 3.13. The fourth-order valence-corrected chi connectivity index (χ4v) is 4.57. The van der Waals surface area contributed by atoms with Crippen LogP contribution in [0.25, 0.3) is 0 Å². The minimum Gasteiger partial charge on any atom is -0.493 e. The maximum atomic E-state index is 12.9. The molecule has 6 nitrogen and oxygen atoms in total. The summed E-state index contributed by atoms with van der Waals surface area (Å²) in [6.45, 7) is 7.94. The van der Waals surface area contributed by atoms with Crippen LogP contribution in [-0.4, -0.2) is 47.3 Å². The fraction of sp³-hybridized carbons (Fsp3) is 0.429. The molecule has 0 saturated heterocycles. The van der Waals surface area contributed by atoms with E-state index in [0.29, 0.717) is 25.3 Å². The molecule has 180 valence electrons. The van der Waals surface area contributed by atoms with Gasteiger partial charge in [-0.15, -0.1) is 0 Å². The van der Waals surface area contributed by atoms with Crippen molar-refractivity contribution in [3.63, 3.8) is 0 Å². The third kappa shape index (κ3) is 6.48. The maximum Gasteiger partial charge on any atom is 0.251 e. The van der Waals surface area contributed by atoms with E-state index in [2.05, 4.69) is 46.6 Å². The number of aryl methyl sites for hydroxylation is 2. The number of nitrogens with one attached hydrogen (secondary N) is 1. The molecule has 2 aromatic carbocycles. The Labute approximate surface area is 202 Å². The first-order valence-electron chi connectivity index (χ1n) is 12.3. The van der Waals surface area contributed by atoms with E-state index in [0.717, 1.165) is 55.1 Å². The van der Waals surface area contributed by atoms with E-state index in [-0.39, 0.29) is 5.91 Å². The standard InChI is InChI=1S/C28H36N4O2/c1-21-16-22(2)32(30-21)14-12-29-28(33)25-10-11-27-26(19-25)18-23-8-7-9-24(17-23)20-31(3)13-5-4-6-15-34-27/h7-11,16-17,19H,4-6,12-15,18,20H2,1-3H3,(H,29,33). The largest absolute Gasteiger partial charge is 0.493 e. The zero-order valence-corrected chi connectivity index (χ0v) is 20.6. The molecule has 0 spiro atoms. The highest BCUT2D eigenvalue weighted by molar-refractivity contribution is 5.94. The Morgan fingerprint density at radius 3 is 2.74 bits per heavy atom. The predicted octanol–water partition coefficient (Wildman–Crippen LogP) is 4.52. The molecule has 34 heavy (non-hydrogen) atoms. The number of carbonyl (C=O) groups excluding carboxylic acids is 1. The van der Waals surface area contributed by atoms with Crippen LogP contribution < -0.4 is 10.1 Å². The molecule has 1 N–H and O–H groups in total. The summed E-state index contributed by atoms with van der Waals surface area (Å²) in [4.78, 5) is 15.3. The summed E-state index contributed by atoms with van der Waals surface area (Å²) >= 11 is 0. The van der Waals surface area contributed by atoms with Crippen LogP contribution in [0.3, 0.4) is 0 Å². The Hall–Kier alpha value is -3.12. The first-order chi connectivity index (χ1) is 16.5. The van der Waals surface area contributed by atoms with Crippen molar-refractivity contribution in [2.75, 3.05) is 26.7 Å². The van der Waals surface area contributed by atoms with Gasteiger partial charge in [-0.2, -0.15) is 5.10 Å². The van der Waals surface area contributed by atoms with Crippen molar-refractivity contribution >= 4 is 5.91 Å². The van der Waals surface area contributed by atoms with Crippen molar-refractivity contribution in [1.82, 2.24) is 20.0 Å². The minimum absolute atomic E-state index is 0.0703. The fourth-order valence-electron chi connectivity index (χ4n) is 4.57. The van der Waals surface area contributed by atoms with Gasteiger partial charge in [0.15, 0.2) is 0 Å². The van der Waals surface area contributed by atoms with Gasteiger partial charge in [0.05, 0.1) is 18.8 Å². The number of nitrogens with zero attached hydrogens (tertiary/aromatic N) is 3. The summed E-state index contributed by atoms with van der Waals surface area (Å²) in [6.07, 6.45) is 4.09. The topological polar surface area (TPSA) is 59.4 Å². The molecule has 0 aliphatic carbocycles. The molecule has 0 saturated carbocycles. The van der Waals surface area contributed by atoms with E-state index in [1.165, 1.54) is 17.5 Å². The molecule has 4 rings (SSSR count). The van der Waals surface area contributed by atoms with Crippen LogP contribution in [0.15, 0.2) is 48.5 Å². The van der Waals surface area contributed by atoms with E-state index in [1.807, 2.05) is 42.8 Å². The van der Waals surface area contributed by atoms with Crippen molar-refractivity contribution in [3.05, 3.63) is 82.2 Å². The molecule has 1 aromatic heterocycles. The number of fused-ring (bicyclic) bond motifs is 3. The number of aromatic nitrogens is 2. The second-order valence-electron chi connectivity index (χ2n) is 9.37. The summed E-state index contributed by atoms with van der Waals surface area (Å²) in [5.41, 5.74) is 6.35. The molecule has 1 aliphatic rings. The SMILES string of the molecule is Cc1cc(C)n(CCNC(=O)c2ccc3c(c2)Cc2cccc(c2)CN(C)CCCCCO3)n1. The summed E-state index contributed by atoms with van der Waals surface area (Å²) in [6, 6.07) is 16.6. The first-order valence-corrected chi connectivity index (χ1v) is 12.3. The average molecular weight is 461 g/mol. The lowest BCUT2D eigenvalue weighted by Crippen LogP contribution is -2.28. The van der Waals surface area contributed by atoms with E-state index in [4.69, 9.17) is 4.74 Å². The molecular formula is C28H36N4O2. The number of hydrogen-bond donors (Lipinski definition) is 1. The Morgan fingerprint density at radius 1 is 1.06 bits per heavy atom. The number of benzene rings is 2. The van der Waals surface area contributed by atoms with Gasteiger partial charge in [-0.1, -0.05) is 24.3 Å². The van der Waals surface area contributed by atoms with E-state index < -0.39 is 0 Å². The van der Waals surface area contributed by atoms with Crippen molar-refractivity contribution < 1.29 is 9.53 Å². The van der Waals surface area contributed by atoms with Gasteiger partial charge in [0.2, 0.25) is 0 Å².